The minimum atomic E-state index is -0.379. The van der Waals surface area contributed by atoms with E-state index >= 15 is 0 Å². The summed E-state index contributed by atoms with van der Waals surface area (Å²) in [6.45, 7) is 7.08. The Balaban J connectivity index is 2.12. The third-order valence-electron chi connectivity index (χ3n) is 3.68. The standard InChI is InChI=1S/C17H24FN3/c1-4-15-10-16(21(5-2)20-15)12-17(3,19)11-13-6-8-14(18)9-7-13/h6-10H,4-5,11-12,19H2,1-3H3. The van der Waals surface area contributed by atoms with E-state index in [1.807, 2.05) is 11.6 Å². The van der Waals surface area contributed by atoms with Crippen LogP contribution in [0.1, 0.15) is 37.7 Å². The fourth-order valence-corrected chi connectivity index (χ4v) is 2.65. The molecule has 0 bridgehead atoms. The lowest BCUT2D eigenvalue weighted by atomic mass is 9.89. The van der Waals surface area contributed by atoms with E-state index in [1.165, 1.54) is 17.8 Å². The van der Waals surface area contributed by atoms with Crippen molar-refractivity contribution < 1.29 is 4.39 Å². The minimum absolute atomic E-state index is 0.214. The number of aromatic nitrogens is 2. The summed E-state index contributed by atoms with van der Waals surface area (Å²) in [6, 6.07) is 8.71. The second-order valence-corrected chi connectivity index (χ2v) is 5.93. The molecule has 0 aliphatic rings. The highest BCUT2D eigenvalue weighted by molar-refractivity contribution is 5.21. The summed E-state index contributed by atoms with van der Waals surface area (Å²) in [4.78, 5) is 0. The predicted molar refractivity (Wildman–Crippen MR) is 83.7 cm³/mol. The molecule has 1 atom stereocenters. The summed E-state index contributed by atoms with van der Waals surface area (Å²) >= 11 is 0. The Bertz CT molecular complexity index is 585. The molecule has 1 unspecified atom stereocenters. The lowest BCUT2D eigenvalue weighted by molar-refractivity contribution is 0.441. The van der Waals surface area contributed by atoms with E-state index in [2.05, 4.69) is 25.0 Å². The summed E-state index contributed by atoms with van der Waals surface area (Å²) in [7, 11) is 0. The molecular weight excluding hydrogens is 265 g/mol. The predicted octanol–water partition coefficient (Wildman–Crippen LogP) is 3.11. The summed E-state index contributed by atoms with van der Waals surface area (Å²) in [6.07, 6.45) is 2.40. The highest BCUT2D eigenvalue weighted by atomic mass is 19.1. The molecular formula is C17H24FN3. The van der Waals surface area contributed by atoms with Crippen molar-refractivity contribution in [1.82, 2.24) is 9.78 Å². The first-order valence-electron chi connectivity index (χ1n) is 7.52. The van der Waals surface area contributed by atoms with Gasteiger partial charge in [0.25, 0.3) is 0 Å². The van der Waals surface area contributed by atoms with Gasteiger partial charge in [-0.3, -0.25) is 4.68 Å². The fourth-order valence-electron chi connectivity index (χ4n) is 2.65. The van der Waals surface area contributed by atoms with Crippen LogP contribution in [0, 0.1) is 5.82 Å². The summed E-state index contributed by atoms with van der Waals surface area (Å²) in [5, 5.41) is 4.56. The Morgan fingerprint density at radius 2 is 1.86 bits per heavy atom. The molecule has 21 heavy (non-hydrogen) atoms. The lowest BCUT2D eigenvalue weighted by Crippen LogP contribution is -2.41. The zero-order valence-corrected chi connectivity index (χ0v) is 13.1. The van der Waals surface area contributed by atoms with E-state index in [0.29, 0.717) is 6.42 Å². The van der Waals surface area contributed by atoms with Crippen molar-refractivity contribution in [3.63, 3.8) is 0 Å². The SMILES string of the molecule is CCc1cc(CC(C)(N)Cc2ccc(F)cc2)n(CC)n1. The van der Waals surface area contributed by atoms with Gasteiger partial charge in [0.2, 0.25) is 0 Å². The largest absolute Gasteiger partial charge is 0.325 e. The van der Waals surface area contributed by atoms with Crippen LogP contribution in [0.25, 0.3) is 0 Å². The fraction of sp³-hybridized carbons (Fsp3) is 0.471. The number of hydrogen-bond acceptors (Lipinski definition) is 2. The molecule has 4 heteroatoms. The quantitative estimate of drug-likeness (QED) is 0.888. The van der Waals surface area contributed by atoms with Crippen molar-refractivity contribution in [2.24, 2.45) is 5.73 Å². The zero-order valence-electron chi connectivity index (χ0n) is 13.1. The second-order valence-electron chi connectivity index (χ2n) is 5.93. The summed E-state index contributed by atoms with van der Waals surface area (Å²) in [5.41, 5.74) is 9.40. The smallest absolute Gasteiger partial charge is 0.123 e. The van der Waals surface area contributed by atoms with Gasteiger partial charge in [0.1, 0.15) is 5.82 Å². The molecule has 2 rings (SSSR count). The van der Waals surface area contributed by atoms with Crippen molar-refractivity contribution in [1.29, 1.82) is 0 Å². The van der Waals surface area contributed by atoms with Crippen LogP contribution in [0.15, 0.2) is 30.3 Å². The maximum absolute atomic E-state index is 13.0. The summed E-state index contributed by atoms with van der Waals surface area (Å²) < 4.78 is 15.0. The number of hydrogen-bond donors (Lipinski definition) is 1. The number of halogens is 1. The van der Waals surface area contributed by atoms with Gasteiger partial charge >= 0.3 is 0 Å². The molecule has 1 aromatic heterocycles. The van der Waals surface area contributed by atoms with Crippen molar-refractivity contribution >= 4 is 0 Å². The first-order valence-corrected chi connectivity index (χ1v) is 7.52. The van der Waals surface area contributed by atoms with Gasteiger partial charge in [-0.2, -0.15) is 5.10 Å². The normalized spacial score (nSPS) is 14.1. The van der Waals surface area contributed by atoms with E-state index in [1.54, 1.807) is 12.1 Å². The molecule has 1 heterocycles. The topological polar surface area (TPSA) is 43.8 Å². The van der Waals surface area contributed by atoms with Gasteiger partial charge in [-0.15, -0.1) is 0 Å². The Hall–Kier alpha value is -1.68. The molecule has 0 saturated heterocycles. The molecule has 0 saturated carbocycles. The van der Waals surface area contributed by atoms with Gasteiger partial charge in [-0.1, -0.05) is 19.1 Å². The maximum Gasteiger partial charge on any atom is 0.123 e. The molecule has 2 aromatic rings. The van der Waals surface area contributed by atoms with Gasteiger partial charge in [-0.05, 0) is 50.5 Å². The highest BCUT2D eigenvalue weighted by Gasteiger charge is 2.22. The van der Waals surface area contributed by atoms with E-state index < -0.39 is 0 Å². The monoisotopic (exact) mass is 289 g/mol. The van der Waals surface area contributed by atoms with E-state index in [0.717, 1.165) is 30.6 Å². The van der Waals surface area contributed by atoms with Gasteiger partial charge in [-0.25, -0.2) is 4.39 Å². The third kappa shape index (κ3) is 4.14. The van der Waals surface area contributed by atoms with E-state index in [-0.39, 0.29) is 11.4 Å². The van der Waals surface area contributed by atoms with E-state index in [4.69, 9.17) is 5.73 Å². The van der Waals surface area contributed by atoms with Gasteiger partial charge in [0.15, 0.2) is 0 Å². The molecule has 1 aromatic carbocycles. The Labute approximate surface area is 126 Å². The van der Waals surface area contributed by atoms with Crippen molar-refractivity contribution in [3.05, 3.63) is 53.1 Å². The van der Waals surface area contributed by atoms with Crippen molar-refractivity contribution in [2.75, 3.05) is 0 Å². The van der Waals surface area contributed by atoms with Gasteiger partial charge < -0.3 is 5.73 Å². The van der Waals surface area contributed by atoms with Crippen molar-refractivity contribution in [2.45, 2.75) is 52.1 Å². The Morgan fingerprint density at radius 3 is 2.43 bits per heavy atom. The molecule has 0 amide bonds. The number of nitrogens with zero attached hydrogens (tertiary/aromatic N) is 2. The van der Waals surface area contributed by atoms with Gasteiger partial charge in [0.05, 0.1) is 5.69 Å². The van der Waals surface area contributed by atoms with Crippen LogP contribution in [0.3, 0.4) is 0 Å². The Morgan fingerprint density at radius 1 is 1.19 bits per heavy atom. The lowest BCUT2D eigenvalue weighted by Gasteiger charge is -2.25. The summed E-state index contributed by atoms with van der Waals surface area (Å²) in [5.74, 6) is -0.214. The molecule has 3 nitrogen and oxygen atoms in total. The molecule has 0 aliphatic heterocycles. The number of nitrogens with two attached hydrogens (primary N) is 1. The second kappa shape index (κ2) is 6.39. The average molecular weight is 289 g/mol. The average Bonchev–Trinajstić information content (AvgIpc) is 2.82. The van der Waals surface area contributed by atoms with Crippen LogP contribution in [-0.4, -0.2) is 15.3 Å². The number of rotatable bonds is 6. The zero-order chi connectivity index (χ0) is 15.5. The molecule has 114 valence electrons. The maximum atomic E-state index is 13.0. The van der Waals surface area contributed by atoms with Crippen molar-refractivity contribution in [3.8, 4) is 0 Å². The minimum Gasteiger partial charge on any atom is -0.325 e. The van der Waals surface area contributed by atoms with Crippen LogP contribution in [-0.2, 0) is 25.8 Å². The first-order chi connectivity index (χ1) is 9.93. The number of aryl methyl sites for hydroxylation is 2. The highest BCUT2D eigenvalue weighted by Crippen LogP contribution is 2.18. The first kappa shape index (κ1) is 15.7. The van der Waals surface area contributed by atoms with Gasteiger partial charge in [0, 0.05) is 24.2 Å². The van der Waals surface area contributed by atoms with Crippen LogP contribution < -0.4 is 5.73 Å². The van der Waals surface area contributed by atoms with Crippen LogP contribution >= 0.6 is 0 Å². The molecule has 2 N–H and O–H groups in total. The van der Waals surface area contributed by atoms with Crippen LogP contribution in [0.4, 0.5) is 4.39 Å². The molecule has 0 spiro atoms. The Kier molecular flexibility index (Phi) is 4.78. The molecule has 0 aliphatic carbocycles. The van der Waals surface area contributed by atoms with Crippen LogP contribution in [0.2, 0.25) is 0 Å². The van der Waals surface area contributed by atoms with Crippen LogP contribution in [0.5, 0.6) is 0 Å². The number of benzene rings is 1. The third-order valence-corrected chi connectivity index (χ3v) is 3.68. The van der Waals surface area contributed by atoms with E-state index in [9.17, 15) is 4.39 Å². The molecule has 0 fully saturated rings. The molecule has 0 radical (unpaired) electrons.